The van der Waals surface area contributed by atoms with Crippen molar-refractivity contribution in [1.29, 1.82) is 0 Å². The molecule has 146 valence electrons. The monoisotopic (exact) mass is 397 g/mol. The van der Waals surface area contributed by atoms with Crippen LogP contribution in [0.25, 0.3) is 0 Å². The molecular weight excluding hydrogens is 378 g/mol. The first-order valence-electron chi connectivity index (χ1n) is 8.34. The number of benzene rings is 1. The lowest BCUT2D eigenvalue weighted by Gasteiger charge is -2.10. The Morgan fingerprint density at radius 1 is 1.26 bits per heavy atom. The van der Waals surface area contributed by atoms with Gasteiger partial charge in [-0.05, 0) is 12.1 Å². The van der Waals surface area contributed by atoms with Gasteiger partial charge in [0, 0.05) is 18.9 Å². The van der Waals surface area contributed by atoms with Crippen molar-refractivity contribution in [3.63, 3.8) is 0 Å². The number of hydrogen-bond acceptors (Lipinski definition) is 9. The van der Waals surface area contributed by atoms with Crippen molar-refractivity contribution in [2.45, 2.75) is 31.3 Å². The summed E-state index contributed by atoms with van der Waals surface area (Å²) in [6, 6.07) is 4.26. The molecule has 0 bridgehead atoms. The molecule has 0 radical (unpaired) electrons. The van der Waals surface area contributed by atoms with Crippen molar-refractivity contribution in [2.75, 3.05) is 19.8 Å². The highest BCUT2D eigenvalue weighted by molar-refractivity contribution is 7.89. The average Bonchev–Trinajstić information content (AvgIpc) is 3.00. The molecule has 1 aliphatic rings. The Labute approximate surface area is 155 Å². The molecule has 0 aliphatic carbocycles. The molecule has 10 nitrogen and oxygen atoms in total. The molecule has 0 saturated heterocycles. The van der Waals surface area contributed by atoms with Gasteiger partial charge in [0.05, 0.1) is 18.1 Å². The van der Waals surface area contributed by atoms with Crippen LogP contribution < -0.4 is 14.2 Å². The van der Waals surface area contributed by atoms with Gasteiger partial charge in [-0.2, -0.15) is 9.71 Å². The molecule has 0 amide bonds. The van der Waals surface area contributed by atoms with Crippen LogP contribution in [0.4, 0.5) is 0 Å². The van der Waals surface area contributed by atoms with Crippen LogP contribution in [0, 0.1) is 0 Å². The van der Waals surface area contributed by atoms with E-state index in [9.17, 15) is 13.2 Å². The second kappa shape index (κ2) is 8.35. The first-order chi connectivity index (χ1) is 13.0. The molecule has 3 rings (SSSR count). The van der Waals surface area contributed by atoms with E-state index in [1.165, 1.54) is 18.2 Å². The topological polar surface area (TPSA) is 130 Å². The van der Waals surface area contributed by atoms with Crippen LogP contribution in [0.15, 0.2) is 27.6 Å². The van der Waals surface area contributed by atoms with E-state index in [0.717, 1.165) is 0 Å². The number of carbonyl (C=O) groups is 1. The zero-order chi connectivity index (χ0) is 19.3. The van der Waals surface area contributed by atoms with Crippen molar-refractivity contribution < 1.29 is 31.9 Å². The minimum atomic E-state index is -3.92. The van der Waals surface area contributed by atoms with Crippen LogP contribution >= 0.6 is 0 Å². The lowest BCUT2D eigenvalue weighted by molar-refractivity contribution is -0.144. The molecule has 2 aromatic rings. The Kier molecular flexibility index (Phi) is 5.91. The van der Waals surface area contributed by atoms with E-state index in [2.05, 4.69) is 14.9 Å². The Bertz CT molecular complexity index is 910. The van der Waals surface area contributed by atoms with Crippen molar-refractivity contribution in [1.82, 2.24) is 14.9 Å². The lowest BCUT2D eigenvalue weighted by atomic mass is 10.3. The minimum Gasteiger partial charge on any atom is -0.490 e. The summed E-state index contributed by atoms with van der Waals surface area (Å²) in [6.07, 6.45) is 1.30. The third-order valence-corrected chi connectivity index (χ3v) is 5.02. The third kappa shape index (κ3) is 4.95. The van der Waals surface area contributed by atoms with Crippen LogP contribution in [0.2, 0.25) is 0 Å². The second-order valence-electron chi connectivity index (χ2n) is 5.60. The molecule has 0 spiro atoms. The average molecular weight is 397 g/mol. The smallest absolute Gasteiger partial charge is 0.321 e. The summed E-state index contributed by atoms with van der Waals surface area (Å²) in [7, 11) is -3.92. The Morgan fingerprint density at radius 2 is 2.04 bits per heavy atom. The minimum absolute atomic E-state index is 0.0379. The molecule has 0 atom stereocenters. The fraction of sp³-hybridized carbons (Fsp3) is 0.438. The molecule has 0 saturated carbocycles. The predicted octanol–water partition coefficient (Wildman–Crippen LogP) is 0.815. The van der Waals surface area contributed by atoms with Crippen LogP contribution in [-0.4, -0.2) is 44.3 Å². The molecular formula is C16H19N3O7S. The first kappa shape index (κ1) is 19.1. The normalized spacial score (nSPS) is 13.8. The quantitative estimate of drug-likeness (QED) is 0.675. The summed E-state index contributed by atoms with van der Waals surface area (Å²) in [6.45, 7) is 2.03. The standard InChI is InChI=1S/C16H19N3O7S/c1-2-14-18-15(26-19-14)10-25-16(20)9-17-27(21,22)11-4-5-12-13(8-11)24-7-3-6-23-12/h4-5,8,17H,2-3,6-7,9-10H2,1H3. The molecule has 1 aliphatic heterocycles. The number of ether oxygens (including phenoxy) is 3. The maximum atomic E-state index is 12.4. The highest BCUT2D eigenvalue weighted by atomic mass is 32.2. The van der Waals surface area contributed by atoms with Gasteiger partial charge in [0.2, 0.25) is 10.0 Å². The number of carbonyl (C=O) groups excluding carboxylic acids is 1. The SMILES string of the molecule is CCc1noc(COC(=O)CNS(=O)(=O)c2ccc3c(c2)OCCCO3)n1. The Morgan fingerprint density at radius 3 is 2.78 bits per heavy atom. The summed E-state index contributed by atoms with van der Waals surface area (Å²) >= 11 is 0. The molecule has 0 fully saturated rings. The van der Waals surface area contributed by atoms with Gasteiger partial charge in [-0.3, -0.25) is 4.79 Å². The number of fused-ring (bicyclic) bond motifs is 1. The van der Waals surface area contributed by atoms with Crippen LogP contribution in [-0.2, 0) is 32.6 Å². The largest absolute Gasteiger partial charge is 0.490 e. The first-order valence-corrected chi connectivity index (χ1v) is 9.82. The van der Waals surface area contributed by atoms with Gasteiger partial charge in [0.1, 0.15) is 6.54 Å². The number of sulfonamides is 1. The van der Waals surface area contributed by atoms with Gasteiger partial charge in [0.15, 0.2) is 23.9 Å². The number of esters is 1. The molecule has 2 heterocycles. The number of hydrogen-bond donors (Lipinski definition) is 1. The Balaban J connectivity index is 1.56. The maximum Gasteiger partial charge on any atom is 0.321 e. The van der Waals surface area contributed by atoms with Crippen molar-refractivity contribution in [3.05, 3.63) is 29.9 Å². The van der Waals surface area contributed by atoms with Crippen molar-refractivity contribution >= 4 is 16.0 Å². The number of aromatic nitrogens is 2. The van der Waals surface area contributed by atoms with Crippen LogP contribution in [0.1, 0.15) is 25.1 Å². The fourth-order valence-electron chi connectivity index (χ4n) is 2.23. The maximum absolute atomic E-state index is 12.4. The van der Waals surface area contributed by atoms with E-state index in [1.54, 1.807) is 0 Å². The number of nitrogens with zero attached hydrogens (tertiary/aromatic N) is 2. The molecule has 11 heteroatoms. The predicted molar refractivity (Wildman–Crippen MR) is 90.7 cm³/mol. The summed E-state index contributed by atoms with van der Waals surface area (Å²) in [4.78, 5) is 15.7. The zero-order valence-corrected chi connectivity index (χ0v) is 15.5. The van der Waals surface area contributed by atoms with Gasteiger partial charge < -0.3 is 18.7 Å². The molecule has 0 unspecified atom stereocenters. The van der Waals surface area contributed by atoms with E-state index >= 15 is 0 Å². The zero-order valence-electron chi connectivity index (χ0n) is 14.6. The van der Waals surface area contributed by atoms with E-state index in [0.29, 0.717) is 43.4 Å². The van der Waals surface area contributed by atoms with Gasteiger partial charge in [-0.15, -0.1) is 0 Å². The van der Waals surface area contributed by atoms with Crippen LogP contribution in [0.5, 0.6) is 11.5 Å². The molecule has 1 aromatic carbocycles. The van der Waals surface area contributed by atoms with E-state index in [-0.39, 0.29) is 17.4 Å². The van der Waals surface area contributed by atoms with Gasteiger partial charge in [-0.1, -0.05) is 12.1 Å². The lowest BCUT2D eigenvalue weighted by Crippen LogP contribution is -2.30. The van der Waals surface area contributed by atoms with E-state index in [1.807, 2.05) is 6.92 Å². The second-order valence-corrected chi connectivity index (χ2v) is 7.37. The number of nitrogens with one attached hydrogen (secondary N) is 1. The fourth-order valence-corrected chi connectivity index (χ4v) is 3.22. The number of rotatable bonds is 7. The molecule has 27 heavy (non-hydrogen) atoms. The summed E-state index contributed by atoms with van der Waals surface area (Å²) in [5, 5.41) is 3.67. The van der Waals surface area contributed by atoms with Crippen LogP contribution in [0.3, 0.4) is 0 Å². The highest BCUT2D eigenvalue weighted by Crippen LogP contribution is 2.31. The highest BCUT2D eigenvalue weighted by Gasteiger charge is 2.20. The summed E-state index contributed by atoms with van der Waals surface area (Å²) in [5.74, 6) is 0.698. The van der Waals surface area contributed by atoms with Gasteiger partial charge in [-0.25, -0.2) is 8.42 Å². The third-order valence-electron chi connectivity index (χ3n) is 3.62. The summed E-state index contributed by atoms with van der Waals surface area (Å²) in [5.41, 5.74) is 0. The summed E-state index contributed by atoms with van der Waals surface area (Å²) < 4.78 is 47.7. The van der Waals surface area contributed by atoms with E-state index < -0.39 is 22.5 Å². The molecule has 1 N–H and O–H groups in total. The van der Waals surface area contributed by atoms with Crippen molar-refractivity contribution in [2.24, 2.45) is 0 Å². The van der Waals surface area contributed by atoms with E-state index in [4.69, 9.17) is 18.7 Å². The number of aryl methyl sites for hydroxylation is 1. The van der Waals surface area contributed by atoms with Crippen molar-refractivity contribution in [3.8, 4) is 11.5 Å². The van der Waals surface area contributed by atoms with Gasteiger partial charge in [0.25, 0.3) is 5.89 Å². The molecule has 1 aromatic heterocycles. The van der Waals surface area contributed by atoms with Gasteiger partial charge >= 0.3 is 5.97 Å². The Hall–Kier alpha value is -2.66.